The number of nitrogens with one attached hydrogen (secondary N) is 1. The fourth-order valence-electron chi connectivity index (χ4n) is 2.16. The molecule has 0 spiro atoms. The van der Waals surface area contributed by atoms with Gasteiger partial charge >= 0.3 is 12.1 Å². The second-order valence-corrected chi connectivity index (χ2v) is 9.69. The molecule has 1 heterocycles. The highest BCUT2D eigenvalue weighted by Crippen LogP contribution is 2.26. The van der Waals surface area contributed by atoms with Gasteiger partial charge < -0.3 is 19.2 Å². The molecule has 1 amide bonds. The van der Waals surface area contributed by atoms with E-state index in [9.17, 15) is 18.0 Å². The highest BCUT2D eigenvalue weighted by molar-refractivity contribution is 7.89. The Morgan fingerprint density at radius 3 is 2.26 bits per heavy atom. The van der Waals surface area contributed by atoms with E-state index in [2.05, 4.69) is 15.5 Å². The fraction of sp³-hybridized carbons (Fsp3) is 0.750. The van der Waals surface area contributed by atoms with Crippen LogP contribution in [0.5, 0.6) is 0 Å². The van der Waals surface area contributed by atoms with Crippen molar-refractivity contribution < 1.29 is 31.9 Å². The van der Waals surface area contributed by atoms with Gasteiger partial charge in [0.1, 0.15) is 11.4 Å². The summed E-state index contributed by atoms with van der Waals surface area (Å²) in [4.78, 5) is 23.7. The zero-order valence-corrected chi connectivity index (χ0v) is 17.4. The molecular formula is C16H27N3O7S. The van der Waals surface area contributed by atoms with Gasteiger partial charge in [0, 0.05) is 13.2 Å². The maximum atomic E-state index is 12.2. The Labute approximate surface area is 158 Å². The summed E-state index contributed by atoms with van der Waals surface area (Å²) in [5, 5.41) is 10.1. The van der Waals surface area contributed by atoms with Gasteiger partial charge in [-0.2, -0.15) is 0 Å². The van der Waals surface area contributed by atoms with Gasteiger partial charge in [0.15, 0.2) is 15.9 Å². The van der Waals surface area contributed by atoms with E-state index in [-0.39, 0.29) is 17.7 Å². The van der Waals surface area contributed by atoms with Gasteiger partial charge in [-0.15, -0.1) is 10.2 Å². The van der Waals surface area contributed by atoms with Crippen LogP contribution in [0.4, 0.5) is 4.79 Å². The molecule has 0 aromatic carbocycles. The number of sulfone groups is 1. The molecule has 0 fully saturated rings. The van der Waals surface area contributed by atoms with Crippen molar-refractivity contribution in [3.8, 4) is 0 Å². The number of aromatic nitrogens is 2. The lowest BCUT2D eigenvalue weighted by Gasteiger charge is -2.29. The number of hydrogen-bond acceptors (Lipinski definition) is 9. The van der Waals surface area contributed by atoms with Crippen molar-refractivity contribution in [2.24, 2.45) is 5.92 Å². The van der Waals surface area contributed by atoms with Crippen LogP contribution in [0.1, 0.15) is 59.4 Å². The van der Waals surface area contributed by atoms with Crippen LogP contribution in [0.15, 0.2) is 4.42 Å². The molecule has 1 aromatic heterocycles. The highest BCUT2D eigenvalue weighted by atomic mass is 32.2. The Balaban J connectivity index is 3.13. The van der Waals surface area contributed by atoms with E-state index in [1.807, 2.05) is 0 Å². The maximum Gasteiger partial charge on any atom is 0.408 e. The number of amides is 1. The van der Waals surface area contributed by atoms with E-state index in [0.29, 0.717) is 0 Å². The summed E-state index contributed by atoms with van der Waals surface area (Å²) in [6.07, 6.45) is -0.772. The highest BCUT2D eigenvalue weighted by Gasteiger charge is 2.35. The van der Waals surface area contributed by atoms with Crippen LogP contribution in [-0.2, 0) is 29.9 Å². The van der Waals surface area contributed by atoms with E-state index < -0.39 is 45.4 Å². The minimum absolute atomic E-state index is 0.112. The molecule has 154 valence electrons. The Bertz CT molecular complexity index is 765. The lowest BCUT2D eigenvalue weighted by atomic mass is 9.98. The molecule has 0 bridgehead atoms. The predicted octanol–water partition coefficient (Wildman–Crippen LogP) is 1.77. The number of esters is 1. The van der Waals surface area contributed by atoms with Crippen molar-refractivity contribution in [1.29, 1.82) is 0 Å². The SMILES string of the molecule is CC(=O)OC(c1nnc(CS(C)(=O)=O)o1)C(NC(=O)OC(C)(C)C)C(C)C. The lowest BCUT2D eigenvalue weighted by molar-refractivity contribution is -0.150. The molecule has 0 radical (unpaired) electrons. The van der Waals surface area contributed by atoms with Crippen LogP contribution >= 0.6 is 0 Å². The maximum absolute atomic E-state index is 12.2. The van der Waals surface area contributed by atoms with Crippen LogP contribution in [0, 0.1) is 5.92 Å². The number of rotatable bonds is 7. The Kier molecular flexibility index (Phi) is 7.35. The molecule has 1 N–H and O–H groups in total. The minimum Gasteiger partial charge on any atom is -0.450 e. The third-order valence-electron chi connectivity index (χ3n) is 3.13. The van der Waals surface area contributed by atoms with E-state index in [0.717, 1.165) is 6.26 Å². The third-order valence-corrected chi connectivity index (χ3v) is 3.90. The van der Waals surface area contributed by atoms with E-state index >= 15 is 0 Å². The molecule has 0 aliphatic heterocycles. The number of carbonyl (C=O) groups excluding carboxylic acids is 2. The topological polar surface area (TPSA) is 138 Å². The smallest absolute Gasteiger partial charge is 0.408 e. The first-order chi connectivity index (χ1) is 12.2. The molecule has 0 saturated carbocycles. The first-order valence-electron chi connectivity index (χ1n) is 8.34. The molecule has 1 rings (SSSR count). The van der Waals surface area contributed by atoms with Crippen LogP contribution in [-0.4, -0.2) is 48.6 Å². The van der Waals surface area contributed by atoms with Gasteiger partial charge in [-0.3, -0.25) is 4.79 Å². The van der Waals surface area contributed by atoms with E-state index in [1.54, 1.807) is 34.6 Å². The number of ether oxygens (including phenoxy) is 2. The zero-order chi connectivity index (χ0) is 21.0. The van der Waals surface area contributed by atoms with Crippen molar-refractivity contribution in [1.82, 2.24) is 15.5 Å². The second kappa shape index (κ2) is 8.68. The fourth-order valence-corrected chi connectivity index (χ4v) is 2.72. The molecule has 0 saturated heterocycles. The first kappa shape index (κ1) is 22.9. The number of carbonyl (C=O) groups is 2. The zero-order valence-electron chi connectivity index (χ0n) is 16.6. The van der Waals surface area contributed by atoms with Crippen LogP contribution in [0.25, 0.3) is 0 Å². The van der Waals surface area contributed by atoms with Gasteiger partial charge in [-0.25, -0.2) is 13.2 Å². The molecule has 2 atom stereocenters. The van der Waals surface area contributed by atoms with Crippen molar-refractivity contribution in [3.63, 3.8) is 0 Å². The Morgan fingerprint density at radius 1 is 1.22 bits per heavy atom. The Hall–Kier alpha value is -2.17. The second-order valence-electron chi connectivity index (χ2n) is 7.55. The van der Waals surface area contributed by atoms with Crippen molar-refractivity contribution >= 4 is 21.9 Å². The number of nitrogens with zero attached hydrogens (tertiary/aromatic N) is 2. The standard InChI is InChI=1S/C16H27N3O7S/c1-9(2)12(17-15(21)26-16(4,5)6)13(24-10(3)20)14-19-18-11(25-14)8-27(7,22)23/h9,12-13H,8H2,1-7H3,(H,17,21). The van der Waals surface area contributed by atoms with Crippen molar-refractivity contribution in [3.05, 3.63) is 11.8 Å². The molecule has 10 nitrogen and oxygen atoms in total. The van der Waals surface area contributed by atoms with Gasteiger partial charge in [0.25, 0.3) is 5.89 Å². The summed E-state index contributed by atoms with van der Waals surface area (Å²) in [7, 11) is -3.38. The molecule has 27 heavy (non-hydrogen) atoms. The largest absolute Gasteiger partial charge is 0.450 e. The average molecular weight is 405 g/mol. The molecule has 0 aliphatic rings. The number of alkyl carbamates (subject to hydrolysis) is 1. The summed E-state index contributed by atoms with van der Waals surface area (Å²) in [5.41, 5.74) is -0.713. The monoisotopic (exact) mass is 405 g/mol. The van der Waals surface area contributed by atoms with Gasteiger partial charge in [0.05, 0.1) is 6.04 Å². The normalized spacial score (nSPS) is 14.5. The summed E-state index contributed by atoms with van der Waals surface area (Å²) < 4.78 is 38.7. The molecule has 11 heteroatoms. The summed E-state index contributed by atoms with van der Waals surface area (Å²) in [5.74, 6) is -1.52. The van der Waals surface area contributed by atoms with Gasteiger partial charge in [0.2, 0.25) is 5.89 Å². The van der Waals surface area contributed by atoms with Crippen LogP contribution in [0.3, 0.4) is 0 Å². The molecular weight excluding hydrogens is 378 g/mol. The third kappa shape index (κ3) is 8.37. The average Bonchev–Trinajstić information content (AvgIpc) is 2.86. The Morgan fingerprint density at radius 2 is 1.81 bits per heavy atom. The molecule has 1 aromatic rings. The van der Waals surface area contributed by atoms with Crippen LogP contribution < -0.4 is 5.32 Å². The molecule has 2 unspecified atom stereocenters. The van der Waals surface area contributed by atoms with Crippen molar-refractivity contribution in [2.45, 2.75) is 65.0 Å². The minimum atomic E-state index is -3.38. The van der Waals surface area contributed by atoms with Crippen molar-refractivity contribution in [2.75, 3.05) is 6.26 Å². The molecule has 0 aliphatic carbocycles. The van der Waals surface area contributed by atoms with E-state index in [4.69, 9.17) is 13.9 Å². The van der Waals surface area contributed by atoms with Gasteiger partial charge in [-0.1, -0.05) is 13.8 Å². The number of hydrogen-bond donors (Lipinski definition) is 1. The summed E-state index contributed by atoms with van der Waals surface area (Å²) in [6.45, 7) is 9.95. The van der Waals surface area contributed by atoms with Crippen LogP contribution in [0.2, 0.25) is 0 Å². The quantitative estimate of drug-likeness (QED) is 0.672. The summed E-state index contributed by atoms with van der Waals surface area (Å²) in [6, 6.07) is -0.740. The first-order valence-corrected chi connectivity index (χ1v) is 10.4. The lowest BCUT2D eigenvalue weighted by Crippen LogP contribution is -2.46. The predicted molar refractivity (Wildman–Crippen MR) is 95.3 cm³/mol. The van der Waals surface area contributed by atoms with Gasteiger partial charge in [-0.05, 0) is 26.7 Å². The summed E-state index contributed by atoms with van der Waals surface area (Å²) >= 11 is 0. The van der Waals surface area contributed by atoms with E-state index in [1.165, 1.54) is 6.92 Å².